The second-order valence-electron chi connectivity index (χ2n) is 6.44. The lowest BCUT2D eigenvalue weighted by Crippen LogP contribution is -2.35. The van der Waals surface area contributed by atoms with Gasteiger partial charge in [0, 0.05) is 32.4 Å². The molecule has 0 bridgehead atoms. The van der Waals surface area contributed by atoms with Gasteiger partial charge in [-0.25, -0.2) is 14.6 Å². The lowest BCUT2D eigenvalue weighted by molar-refractivity contribution is 0.493. The number of hydrogen-bond donors (Lipinski definition) is 0. The number of aryl methyl sites for hydroxylation is 3. The van der Waals surface area contributed by atoms with Crippen LogP contribution < -0.4 is 9.80 Å². The van der Waals surface area contributed by atoms with Gasteiger partial charge in [0.1, 0.15) is 17.5 Å². The first kappa shape index (κ1) is 15.7. The third-order valence-corrected chi connectivity index (χ3v) is 4.27. The molecular weight excluding hydrogens is 290 g/mol. The standard InChI is InChI=1S/C16H25N7/c1-11-9-15(21(4)5)19-16(17-11)22-8-6-7-14(22)10-23-13(3)18-12(2)20-23/h9,14H,6-8,10H2,1-5H3. The lowest BCUT2D eigenvalue weighted by Gasteiger charge is -2.26. The Balaban J connectivity index is 1.85. The zero-order valence-electron chi connectivity index (χ0n) is 14.6. The molecule has 0 N–H and O–H groups in total. The van der Waals surface area contributed by atoms with Crippen molar-refractivity contribution in [2.24, 2.45) is 0 Å². The molecule has 1 unspecified atom stereocenters. The molecule has 3 rings (SSSR count). The molecule has 23 heavy (non-hydrogen) atoms. The van der Waals surface area contributed by atoms with Crippen LogP contribution in [0.2, 0.25) is 0 Å². The maximum absolute atomic E-state index is 4.73. The number of hydrogen-bond acceptors (Lipinski definition) is 6. The molecule has 1 fully saturated rings. The molecule has 1 saturated heterocycles. The van der Waals surface area contributed by atoms with E-state index in [0.29, 0.717) is 6.04 Å². The predicted molar refractivity (Wildman–Crippen MR) is 91.0 cm³/mol. The van der Waals surface area contributed by atoms with Crippen molar-refractivity contribution in [2.45, 2.75) is 46.2 Å². The molecule has 0 saturated carbocycles. The van der Waals surface area contributed by atoms with Gasteiger partial charge in [0.25, 0.3) is 0 Å². The lowest BCUT2D eigenvalue weighted by atomic mass is 10.2. The zero-order chi connectivity index (χ0) is 16.6. The van der Waals surface area contributed by atoms with Crippen molar-refractivity contribution in [2.75, 3.05) is 30.4 Å². The van der Waals surface area contributed by atoms with Crippen molar-refractivity contribution in [3.63, 3.8) is 0 Å². The maximum atomic E-state index is 4.73. The van der Waals surface area contributed by atoms with Crippen LogP contribution in [0, 0.1) is 20.8 Å². The summed E-state index contributed by atoms with van der Waals surface area (Å²) in [6.45, 7) is 7.79. The Hall–Kier alpha value is -2.18. The molecule has 7 heteroatoms. The summed E-state index contributed by atoms with van der Waals surface area (Å²) in [6.07, 6.45) is 2.29. The van der Waals surface area contributed by atoms with E-state index >= 15 is 0 Å². The summed E-state index contributed by atoms with van der Waals surface area (Å²) >= 11 is 0. The molecule has 0 amide bonds. The summed E-state index contributed by atoms with van der Waals surface area (Å²) in [5.41, 5.74) is 0.997. The Kier molecular flexibility index (Phi) is 4.19. The van der Waals surface area contributed by atoms with Gasteiger partial charge >= 0.3 is 0 Å². The topological polar surface area (TPSA) is 63.0 Å². The Morgan fingerprint density at radius 1 is 1.17 bits per heavy atom. The normalized spacial score (nSPS) is 17.8. The fourth-order valence-corrected chi connectivity index (χ4v) is 3.12. The summed E-state index contributed by atoms with van der Waals surface area (Å²) in [5, 5.41) is 4.50. The molecule has 2 aromatic heterocycles. The van der Waals surface area contributed by atoms with Crippen molar-refractivity contribution in [1.82, 2.24) is 24.7 Å². The van der Waals surface area contributed by atoms with Gasteiger partial charge in [-0.1, -0.05) is 0 Å². The minimum atomic E-state index is 0.367. The average Bonchev–Trinajstić information content (AvgIpc) is 3.05. The molecule has 0 spiro atoms. The van der Waals surface area contributed by atoms with Gasteiger partial charge in [-0.05, 0) is 33.6 Å². The van der Waals surface area contributed by atoms with Gasteiger partial charge in [0.2, 0.25) is 5.95 Å². The second-order valence-corrected chi connectivity index (χ2v) is 6.44. The van der Waals surface area contributed by atoms with Crippen LogP contribution in [0.25, 0.3) is 0 Å². The monoisotopic (exact) mass is 315 g/mol. The number of anilines is 2. The molecule has 1 aliphatic rings. The van der Waals surface area contributed by atoms with E-state index in [-0.39, 0.29) is 0 Å². The van der Waals surface area contributed by atoms with Gasteiger partial charge in [-0.15, -0.1) is 0 Å². The van der Waals surface area contributed by atoms with E-state index in [9.17, 15) is 0 Å². The van der Waals surface area contributed by atoms with Crippen molar-refractivity contribution < 1.29 is 0 Å². The van der Waals surface area contributed by atoms with E-state index in [1.807, 2.05) is 50.5 Å². The van der Waals surface area contributed by atoms with Crippen LogP contribution in [0.5, 0.6) is 0 Å². The molecule has 124 valence electrons. The molecule has 1 atom stereocenters. The van der Waals surface area contributed by atoms with Crippen LogP contribution in [0.3, 0.4) is 0 Å². The third-order valence-electron chi connectivity index (χ3n) is 4.27. The molecule has 7 nitrogen and oxygen atoms in total. The molecule has 0 radical (unpaired) electrons. The van der Waals surface area contributed by atoms with Gasteiger partial charge in [0.15, 0.2) is 0 Å². The highest BCUT2D eigenvalue weighted by Gasteiger charge is 2.28. The van der Waals surface area contributed by atoms with E-state index in [2.05, 4.69) is 20.0 Å². The fraction of sp³-hybridized carbons (Fsp3) is 0.625. The van der Waals surface area contributed by atoms with Gasteiger partial charge in [-0.3, -0.25) is 0 Å². The summed E-state index contributed by atoms with van der Waals surface area (Å²) in [5.74, 6) is 3.57. The Bertz CT molecular complexity index is 692. The van der Waals surface area contributed by atoms with Crippen LogP contribution in [0.15, 0.2) is 6.07 Å². The van der Waals surface area contributed by atoms with Crippen LogP contribution in [-0.2, 0) is 6.54 Å². The largest absolute Gasteiger partial charge is 0.363 e. The molecule has 0 aliphatic carbocycles. The van der Waals surface area contributed by atoms with E-state index in [1.165, 1.54) is 0 Å². The quantitative estimate of drug-likeness (QED) is 0.856. The van der Waals surface area contributed by atoms with Crippen molar-refractivity contribution in [3.05, 3.63) is 23.4 Å². The van der Waals surface area contributed by atoms with E-state index in [4.69, 9.17) is 4.98 Å². The second kappa shape index (κ2) is 6.14. The van der Waals surface area contributed by atoms with Crippen LogP contribution >= 0.6 is 0 Å². The molecule has 3 heterocycles. The SMILES string of the molecule is Cc1cc(N(C)C)nc(N2CCCC2Cn2nc(C)nc2C)n1. The summed E-state index contributed by atoms with van der Waals surface area (Å²) < 4.78 is 2.00. The van der Waals surface area contributed by atoms with Crippen molar-refractivity contribution in [1.29, 1.82) is 0 Å². The summed E-state index contributed by atoms with van der Waals surface area (Å²) in [4.78, 5) is 18.1. The van der Waals surface area contributed by atoms with Crippen LogP contribution in [-0.4, -0.2) is 51.4 Å². The predicted octanol–water partition coefficient (Wildman–Crippen LogP) is 1.73. The maximum Gasteiger partial charge on any atom is 0.227 e. The first-order chi connectivity index (χ1) is 10.9. The Labute approximate surface area is 137 Å². The van der Waals surface area contributed by atoms with Crippen molar-refractivity contribution in [3.8, 4) is 0 Å². The van der Waals surface area contributed by atoms with Gasteiger partial charge < -0.3 is 9.80 Å². The highest BCUT2D eigenvalue weighted by Crippen LogP contribution is 2.25. The van der Waals surface area contributed by atoms with Gasteiger partial charge in [0.05, 0.1) is 12.6 Å². The smallest absolute Gasteiger partial charge is 0.227 e. The Morgan fingerprint density at radius 3 is 2.61 bits per heavy atom. The van der Waals surface area contributed by atoms with E-state index < -0.39 is 0 Å². The minimum absolute atomic E-state index is 0.367. The molecular formula is C16H25N7. The van der Waals surface area contributed by atoms with Crippen molar-refractivity contribution >= 4 is 11.8 Å². The summed E-state index contributed by atoms with van der Waals surface area (Å²) in [6, 6.07) is 2.38. The molecule has 2 aromatic rings. The van der Waals surface area contributed by atoms with Crippen LogP contribution in [0.4, 0.5) is 11.8 Å². The molecule has 0 aromatic carbocycles. The average molecular weight is 315 g/mol. The van der Waals surface area contributed by atoms with E-state index in [0.717, 1.165) is 55.0 Å². The molecule has 1 aliphatic heterocycles. The first-order valence-electron chi connectivity index (χ1n) is 8.11. The van der Waals surface area contributed by atoms with Gasteiger partial charge in [-0.2, -0.15) is 10.1 Å². The number of rotatable bonds is 4. The highest BCUT2D eigenvalue weighted by atomic mass is 15.4. The number of nitrogens with zero attached hydrogens (tertiary/aromatic N) is 7. The first-order valence-corrected chi connectivity index (χ1v) is 8.11. The Morgan fingerprint density at radius 2 is 1.96 bits per heavy atom. The highest BCUT2D eigenvalue weighted by molar-refractivity contribution is 5.45. The summed E-state index contributed by atoms with van der Waals surface area (Å²) in [7, 11) is 4.02. The minimum Gasteiger partial charge on any atom is -0.363 e. The van der Waals surface area contributed by atoms with E-state index in [1.54, 1.807) is 0 Å². The number of aromatic nitrogens is 5. The zero-order valence-corrected chi connectivity index (χ0v) is 14.6. The fourth-order valence-electron chi connectivity index (χ4n) is 3.12. The van der Waals surface area contributed by atoms with Crippen LogP contribution in [0.1, 0.15) is 30.2 Å². The third kappa shape index (κ3) is 3.28.